The standard InChI is InChI=1S/C12H21NO2/c1-9(6-12(2,3)4)5-11-10(7-14)13-8-15-11/h8-9,14H,5-7H2,1-4H3. The van der Waals surface area contributed by atoms with Crippen LogP contribution < -0.4 is 0 Å². The highest BCUT2D eigenvalue weighted by atomic mass is 16.3. The third-order valence-electron chi connectivity index (χ3n) is 2.37. The number of aliphatic hydroxyl groups is 1. The highest BCUT2D eigenvalue weighted by Gasteiger charge is 2.18. The fourth-order valence-corrected chi connectivity index (χ4v) is 2.02. The molecule has 1 aromatic rings. The number of rotatable bonds is 4. The van der Waals surface area contributed by atoms with Crippen molar-refractivity contribution >= 4 is 0 Å². The van der Waals surface area contributed by atoms with Crippen LogP contribution in [0.2, 0.25) is 0 Å². The first kappa shape index (κ1) is 12.2. The maximum Gasteiger partial charge on any atom is 0.181 e. The molecular formula is C12H21NO2. The van der Waals surface area contributed by atoms with Gasteiger partial charge in [0.05, 0.1) is 6.61 Å². The Labute approximate surface area is 91.5 Å². The molecular weight excluding hydrogens is 190 g/mol. The summed E-state index contributed by atoms with van der Waals surface area (Å²) in [5.41, 5.74) is 1.01. The van der Waals surface area contributed by atoms with Crippen molar-refractivity contribution in [1.82, 2.24) is 4.98 Å². The van der Waals surface area contributed by atoms with Crippen LogP contribution >= 0.6 is 0 Å². The molecule has 1 unspecified atom stereocenters. The molecule has 0 aliphatic heterocycles. The van der Waals surface area contributed by atoms with Gasteiger partial charge < -0.3 is 9.52 Å². The van der Waals surface area contributed by atoms with E-state index in [-0.39, 0.29) is 6.61 Å². The first-order chi connectivity index (χ1) is 6.92. The van der Waals surface area contributed by atoms with Crippen LogP contribution in [-0.2, 0) is 13.0 Å². The monoisotopic (exact) mass is 211 g/mol. The van der Waals surface area contributed by atoms with Gasteiger partial charge in [-0.25, -0.2) is 4.98 Å². The second-order valence-corrected chi connectivity index (χ2v) is 5.45. The van der Waals surface area contributed by atoms with Crippen molar-refractivity contribution < 1.29 is 9.52 Å². The summed E-state index contributed by atoms with van der Waals surface area (Å²) in [5.74, 6) is 1.37. The highest BCUT2D eigenvalue weighted by Crippen LogP contribution is 2.26. The van der Waals surface area contributed by atoms with E-state index in [1.54, 1.807) is 0 Å². The Morgan fingerprint density at radius 3 is 2.67 bits per heavy atom. The van der Waals surface area contributed by atoms with Crippen LogP contribution in [0.1, 0.15) is 45.6 Å². The van der Waals surface area contributed by atoms with Crippen LogP contribution in [0, 0.1) is 11.3 Å². The van der Waals surface area contributed by atoms with Gasteiger partial charge in [-0.1, -0.05) is 27.7 Å². The Morgan fingerprint density at radius 2 is 2.13 bits per heavy atom. The minimum atomic E-state index is -0.0337. The number of oxazole rings is 1. The van der Waals surface area contributed by atoms with Crippen LogP contribution in [0.15, 0.2) is 10.8 Å². The van der Waals surface area contributed by atoms with Gasteiger partial charge in [0.25, 0.3) is 0 Å². The SMILES string of the molecule is CC(Cc1ocnc1CO)CC(C)(C)C. The summed E-state index contributed by atoms with van der Waals surface area (Å²) < 4.78 is 5.27. The summed E-state index contributed by atoms with van der Waals surface area (Å²) in [6.07, 6.45) is 3.40. The van der Waals surface area contributed by atoms with Crippen molar-refractivity contribution in [3.05, 3.63) is 17.8 Å². The van der Waals surface area contributed by atoms with Gasteiger partial charge in [-0.15, -0.1) is 0 Å². The van der Waals surface area contributed by atoms with E-state index in [0.717, 1.165) is 18.6 Å². The maximum atomic E-state index is 9.03. The molecule has 0 amide bonds. The topological polar surface area (TPSA) is 46.3 Å². The van der Waals surface area contributed by atoms with Crippen LogP contribution in [0.5, 0.6) is 0 Å². The molecule has 1 rings (SSSR count). The van der Waals surface area contributed by atoms with E-state index in [2.05, 4.69) is 32.7 Å². The van der Waals surface area contributed by atoms with Gasteiger partial charge in [0.2, 0.25) is 0 Å². The predicted octanol–water partition coefficient (Wildman–Crippen LogP) is 2.78. The first-order valence-electron chi connectivity index (χ1n) is 5.44. The van der Waals surface area contributed by atoms with Crippen molar-refractivity contribution in [1.29, 1.82) is 0 Å². The maximum absolute atomic E-state index is 9.03. The molecule has 3 heteroatoms. The van der Waals surface area contributed by atoms with Gasteiger partial charge in [-0.2, -0.15) is 0 Å². The third kappa shape index (κ3) is 4.04. The van der Waals surface area contributed by atoms with Crippen molar-refractivity contribution in [3.63, 3.8) is 0 Å². The molecule has 3 nitrogen and oxygen atoms in total. The van der Waals surface area contributed by atoms with E-state index in [1.807, 2.05) is 0 Å². The Hall–Kier alpha value is -0.830. The average Bonchev–Trinajstić information content (AvgIpc) is 2.48. The summed E-state index contributed by atoms with van der Waals surface area (Å²) in [5, 5.41) is 9.03. The molecule has 1 N–H and O–H groups in total. The molecule has 0 bridgehead atoms. The fourth-order valence-electron chi connectivity index (χ4n) is 2.02. The number of nitrogens with zero attached hydrogens (tertiary/aromatic N) is 1. The molecule has 1 atom stereocenters. The largest absolute Gasteiger partial charge is 0.448 e. The van der Waals surface area contributed by atoms with Gasteiger partial charge in [0, 0.05) is 6.42 Å². The quantitative estimate of drug-likeness (QED) is 0.833. The molecule has 1 heterocycles. The molecule has 0 aliphatic rings. The van der Waals surface area contributed by atoms with Crippen molar-refractivity contribution in [3.8, 4) is 0 Å². The van der Waals surface area contributed by atoms with E-state index >= 15 is 0 Å². The van der Waals surface area contributed by atoms with E-state index < -0.39 is 0 Å². The van der Waals surface area contributed by atoms with Gasteiger partial charge in [0.1, 0.15) is 11.5 Å². The normalized spacial score (nSPS) is 14.2. The van der Waals surface area contributed by atoms with Crippen molar-refractivity contribution in [2.24, 2.45) is 11.3 Å². The second kappa shape index (κ2) is 4.79. The van der Waals surface area contributed by atoms with Crippen molar-refractivity contribution in [2.45, 2.75) is 47.1 Å². The summed E-state index contributed by atoms with van der Waals surface area (Å²) in [4.78, 5) is 3.97. The lowest BCUT2D eigenvalue weighted by Crippen LogP contribution is -2.13. The summed E-state index contributed by atoms with van der Waals surface area (Å²) >= 11 is 0. The molecule has 0 aromatic carbocycles. The number of aliphatic hydroxyl groups excluding tert-OH is 1. The minimum Gasteiger partial charge on any atom is -0.448 e. The first-order valence-corrected chi connectivity index (χ1v) is 5.44. The molecule has 86 valence electrons. The van der Waals surface area contributed by atoms with Crippen LogP contribution in [0.3, 0.4) is 0 Å². The summed E-state index contributed by atoms with van der Waals surface area (Å²) in [6, 6.07) is 0. The van der Waals surface area contributed by atoms with Crippen LogP contribution in [-0.4, -0.2) is 10.1 Å². The second-order valence-electron chi connectivity index (χ2n) is 5.45. The van der Waals surface area contributed by atoms with E-state index in [9.17, 15) is 0 Å². The van der Waals surface area contributed by atoms with Gasteiger partial charge in [-0.3, -0.25) is 0 Å². The molecule has 0 saturated heterocycles. The Bertz CT molecular complexity index is 299. The number of hydrogen-bond donors (Lipinski definition) is 1. The number of hydrogen-bond acceptors (Lipinski definition) is 3. The lowest BCUT2D eigenvalue weighted by Gasteiger charge is -2.22. The minimum absolute atomic E-state index is 0.0337. The molecule has 15 heavy (non-hydrogen) atoms. The molecule has 0 aliphatic carbocycles. The Kier molecular flexibility index (Phi) is 3.91. The van der Waals surface area contributed by atoms with Gasteiger partial charge in [-0.05, 0) is 17.8 Å². The Morgan fingerprint density at radius 1 is 1.47 bits per heavy atom. The van der Waals surface area contributed by atoms with Gasteiger partial charge in [0.15, 0.2) is 6.39 Å². The summed E-state index contributed by atoms with van der Waals surface area (Å²) in [6.45, 7) is 8.87. The molecule has 0 saturated carbocycles. The van der Waals surface area contributed by atoms with E-state index in [0.29, 0.717) is 17.0 Å². The zero-order chi connectivity index (χ0) is 11.5. The zero-order valence-electron chi connectivity index (χ0n) is 10.1. The highest BCUT2D eigenvalue weighted by molar-refractivity contribution is 5.06. The van der Waals surface area contributed by atoms with Gasteiger partial charge >= 0.3 is 0 Å². The number of aromatic nitrogens is 1. The van der Waals surface area contributed by atoms with E-state index in [1.165, 1.54) is 6.39 Å². The van der Waals surface area contributed by atoms with Crippen molar-refractivity contribution in [2.75, 3.05) is 0 Å². The molecule has 0 fully saturated rings. The molecule has 0 spiro atoms. The zero-order valence-corrected chi connectivity index (χ0v) is 10.1. The van der Waals surface area contributed by atoms with Crippen LogP contribution in [0.25, 0.3) is 0 Å². The third-order valence-corrected chi connectivity index (χ3v) is 2.37. The average molecular weight is 211 g/mol. The smallest absolute Gasteiger partial charge is 0.181 e. The summed E-state index contributed by atoms with van der Waals surface area (Å²) in [7, 11) is 0. The predicted molar refractivity (Wildman–Crippen MR) is 59.4 cm³/mol. The molecule has 1 aromatic heterocycles. The Balaban J connectivity index is 2.55. The fraction of sp³-hybridized carbons (Fsp3) is 0.750. The lowest BCUT2D eigenvalue weighted by molar-refractivity contribution is 0.268. The lowest BCUT2D eigenvalue weighted by atomic mass is 9.84. The van der Waals surface area contributed by atoms with E-state index in [4.69, 9.17) is 9.52 Å². The molecule has 0 radical (unpaired) electrons. The van der Waals surface area contributed by atoms with Crippen LogP contribution in [0.4, 0.5) is 0 Å².